The van der Waals surface area contributed by atoms with Crippen LogP contribution in [0.2, 0.25) is 0 Å². The van der Waals surface area contributed by atoms with Crippen LogP contribution < -0.4 is 10.9 Å². The number of hydrogen-bond acceptors (Lipinski definition) is 4. The molecule has 0 saturated carbocycles. The van der Waals surface area contributed by atoms with E-state index in [2.05, 4.69) is 22.8 Å². The van der Waals surface area contributed by atoms with Gasteiger partial charge in [0.25, 0.3) is 5.91 Å². The molecule has 0 aliphatic heterocycles. The minimum absolute atomic E-state index is 0.00373. The zero-order valence-electron chi connectivity index (χ0n) is 17.1. The van der Waals surface area contributed by atoms with Crippen LogP contribution in [0.25, 0.3) is 11.0 Å². The highest BCUT2D eigenvalue weighted by molar-refractivity contribution is 5.98. The van der Waals surface area contributed by atoms with E-state index in [1.807, 2.05) is 34.9 Å². The maximum atomic E-state index is 12.4. The SMILES string of the molecule is CCCCc1nc2ccccc2n1CC(=O)NNC(=O)CCC(=O)c1ccccc1. The van der Waals surface area contributed by atoms with Crippen LogP contribution in [0.5, 0.6) is 0 Å². The number of Topliss-reactive ketones (excluding diaryl/α,β-unsaturated/α-hetero) is 1. The molecule has 0 aliphatic carbocycles. The third kappa shape index (κ3) is 5.53. The normalized spacial score (nSPS) is 10.7. The Morgan fingerprint density at radius 2 is 1.60 bits per heavy atom. The Morgan fingerprint density at radius 3 is 2.37 bits per heavy atom. The Hall–Kier alpha value is -3.48. The number of aryl methyl sites for hydroxylation is 1. The number of ketones is 1. The average molecular weight is 406 g/mol. The van der Waals surface area contributed by atoms with Gasteiger partial charge in [0.15, 0.2) is 5.78 Å². The van der Waals surface area contributed by atoms with Crippen molar-refractivity contribution >= 4 is 28.6 Å². The number of hydrazine groups is 1. The molecule has 1 aromatic heterocycles. The van der Waals surface area contributed by atoms with E-state index in [9.17, 15) is 14.4 Å². The molecule has 2 amide bonds. The highest BCUT2D eigenvalue weighted by Crippen LogP contribution is 2.17. The van der Waals surface area contributed by atoms with Gasteiger partial charge < -0.3 is 4.57 Å². The highest BCUT2D eigenvalue weighted by atomic mass is 16.2. The van der Waals surface area contributed by atoms with Gasteiger partial charge in [-0.05, 0) is 18.6 Å². The molecule has 2 aromatic carbocycles. The maximum Gasteiger partial charge on any atom is 0.258 e. The first kappa shape index (κ1) is 21.2. The number of para-hydroxylation sites is 2. The average Bonchev–Trinajstić information content (AvgIpc) is 3.12. The van der Waals surface area contributed by atoms with Crippen LogP contribution in [0.15, 0.2) is 54.6 Å². The molecule has 0 spiro atoms. The summed E-state index contributed by atoms with van der Waals surface area (Å²) in [7, 11) is 0. The topological polar surface area (TPSA) is 93.1 Å². The Kier molecular flexibility index (Phi) is 7.32. The number of fused-ring (bicyclic) bond motifs is 1. The van der Waals surface area contributed by atoms with E-state index >= 15 is 0 Å². The van der Waals surface area contributed by atoms with E-state index in [1.165, 1.54) is 0 Å². The number of carbonyl (C=O) groups is 3. The van der Waals surface area contributed by atoms with Gasteiger partial charge >= 0.3 is 0 Å². The lowest BCUT2D eigenvalue weighted by molar-refractivity contribution is -0.129. The van der Waals surface area contributed by atoms with Crippen molar-refractivity contribution in [2.45, 2.75) is 45.6 Å². The van der Waals surface area contributed by atoms with Crippen molar-refractivity contribution < 1.29 is 14.4 Å². The second kappa shape index (κ2) is 10.3. The first-order valence-corrected chi connectivity index (χ1v) is 10.2. The Labute approximate surface area is 175 Å². The number of nitrogens with one attached hydrogen (secondary N) is 2. The van der Waals surface area contributed by atoms with Crippen LogP contribution >= 0.6 is 0 Å². The van der Waals surface area contributed by atoms with Gasteiger partial charge in [-0.25, -0.2) is 4.98 Å². The van der Waals surface area contributed by atoms with Crippen LogP contribution in [0.3, 0.4) is 0 Å². The number of rotatable bonds is 9. The summed E-state index contributed by atoms with van der Waals surface area (Å²) in [5.41, 5.74) is 7.13. The molecule has 3 rings (SSSR count). The standard InChI is InChI=1S/C23H26N4O3/c1-2-3-13-21-24-18-11-7-8-12-19(18)27(21)16-23(30)26-25-22(29)15-14-20(28)17-9-5-4-6-10-17/h4-12H,2-3,13-16H2,1H3,(H,25,29)(H,26,30). The fourth-order valence-corrected chi connectivity index (χ4v) is 3.21. The van der Waals surface area contributed by atoms with Crippen LogP contribution in [-0.2, 0) is 22.6 Å². The van der Waals surface area contributed by atoms with Crippen molar-refractivity contribution in [1.29, 1.82) is 0 Å². The van der Waals surface area contributed by atoms with E-state index in [-0.39, 0.29) is 31.1 Å². The van der Waals surface area contributed by atoms with E-state index in [0.29, 0.717) is 5.56 Å². The molecule has 7 heteroatoms. The Bertz CT molecular complexity index is 1030. The molecule has 0 aliphatic rings. The zero-order chi connectivity index (χ0) is 21.3. The summed E-state index contributed by atoms with van der Waals surface area (Å²) in [6.07, 6.45) is 2.89. The van der Waals surface area contributed by atoms with Gasteiger partial charge in [0, 0.05) is 24.8 Å². The van der Waals surface area contributed by atoms with Crippen molar-refractivity contribution in [3.05, 3.63) is 66.0 Å². The predicted molar refractivity (Wildman–Crippen MR) is 115 cm³/mol. The van der Waals surface area contributed by atoms with Crippen molar-refractivity contribution in [1.82, 2.24) is 20.4 Å². The second-order valence-corrected chi connectivity index (χ2v) is 7.09. The third-order valence-corrected chi connectivity index (χ3v) is 4.81. The zero-order valence-corrected chi connectivity index (χ0v) is 17.1. The van der Waals surface area contributed by atoms with Crippen LogP contribution in [-0.4, -0.2) is 27.1 Å². The number of nitrogens with zero attached hydrogens (tertiary/aromatic N) is 2. The predicted octanol–water partition coefficient (Wildman–Crippen LogP) is 3.19. The number of unbranched alkanes of at least 4 members (excludes halogenated alkanes) is 1. The van der Waals surface area contributed by atoms with Gasteiger partial charge in [0.1, 0.15) is 12.4 Å². The molecule has 1 heterocycles. The first-order valence-electron chi connectivity index (χ1n) is 10.2. The lowest BCUT2D eigenvalue weighted by Crippen LogP contribution is -2.43. The Balaban J connectivity index is 1.53. The summed E-state index contributed by atoms with van der Waals surface area (Å²) in [5, 5.41) is 0. The van der Waals surface area contributed by atoms with Gasteiger partial charge in [-0.3, -0.25) is 25.2 Å². The van der Waals surface area contributed by atoms with Crippen LogP contribution in [0, 0.1) is 0 Å². The number of carbonyl (C=O) groups excluding carboxylic acids is 3. The molecular formula is C23H26N4O3. The number of benzene rings is 2. The molecule has 3 aromatic rings. The van der Waals surface area contributed by atoms with Gasteiger partial charge in [-0.2, -0.15) is 0 Å². The van der Waals surface area contributed by atoms with Crippen molar-refractivity contribution in [2.75, 3.05) is 0 Å². The number of imidazole rings is 1. The summed E-state index contributed by atoms with van der Waals surface area (Å²) in [5.74, 6) is -0.0107. The van der Waals surface area contributed by atoms with Crippen molar-refractivity contribution in [3.8, 4) is 0 Å². The molecule has 7 nitrogen and oxygen atoms in total. The van der Waals surface area contributed by atoms with Crippen molar-refractivity contribution in [2.24, 2.45) is 0 Å². The van der Waals surface area contributed by atoms with E-state index in [4.69, 9.17) is 0 Å². The van der Waals surface area contributed by atoms with Crippen molar-refractivity contribution in [3.63, 3.8) is 0 Å². The minimum Gasteiger partial charge on any atom is -0.318 e. The molecule has 0 bridgehead atoms. The molecule has 0 saturated heterocycles. The third-order valence-electron chi connectivity index (χ3n) is 4.81. The number of amides is 2. The van der Waals surface area contributed by atoms with E-state index in [1.54, 1.807) is 24.3 Å². The van der Waals surface area contributed by atoms with Gasteiger partial charge in [-0.1, -0.05) is 55.8 Å². The molecule has 0 atom stereocenters. The van der Waals surface area contributed by atoms with Gasteiger partial charge in [0.2, 0.25) is 5.91 Å². The lowest BCUT2D eigenvalue weighted by Gasteiger charge is -2.11. The summed E-state index contributed by atoms with van der Waals surface area (Å²) in [4.78, 5) is 41.1. The van der Waals surface area contributed by atoms with Gasteiger partial charge in [-0.15, -0.1) is 0 Å². The molecular weight excluding hydrogens is 380 g/mol. The summed E-state index contributed by atoms with van der Waals surface area (Å²) >= 11 is 0. The van der Waals surface area contributed by atoms with E-state index in [0.717, 1.165) is 36.1 Å². The maximum absolute atomic E-state index is 12.4. The second-order valence-electron chi connectivity index (χ2n) is 7.09. The highest BCUT2D eigenvalue weighted by Gasteiger charge is 2.14. The van der Waals surface area contributed by atoms with Gasteiger partial charge in [0.05, 0.1) is 11.0 Å². The Morgan fingerprint density at radius 1 is 0.900 bits per heavy atom. The first-order chi connectivity index (χ1) is 14.6. The minimum atomic E-state index is -0.408. The largest absolute Gasteiger partial charge is 0.318 e. The fraction of sp³-hybridized carbons (Fsp3) is 0.304. The van der Waals surface area contributed by atoms with Crippen LogP contribution in [0.1, 0.15) is 48.8 Å². The van der Waals surface area contributed by atoms with E-state index < -0.39 is 5.91 Å². The number of hydrogen-bond donors (Lipinski definition) is 2. The summed E-state index contributed by atoms with van der Waals surface area (Å²) < 4.78 is 1.88. The summed E-state index contributed by atoms with van der Waals surface area (Å²) in [6.45, 7) is 2.17. The molecule has 30 heavy (non-hydrogen) atoms. The smallest absolute Gasteiger partial charge is 0.258 e. The molecule has 156 valence electrons. The number of aromatic nitrogens is 2. The molecule has 0 radical (unpaired) electrons. The summed E-state index contributed by atoms with van der Waals surface area (Å²) in [6, 6.07) is 16.5. The lowest BCUT2D eigenvalue weighted by atomic mass is 10.1. The molecule has 0 fully saturated rings. The fourth-order valence-electron chi connectivity index (χ4n) is 3.21. The monoisotopic (exact) mass is 406 g/mol. The quantitative estimate of drug-likeness (QED) is 0.422. The molecule has 2 N–H and O–H groups in total. The molecule has 0 unspecified atom stereocenters. The van der Waals surface area contributed by atoms with Crippen LogP contribution in [0.4, 0.5) is 0 Å².